The predicted octanol–water partition coefficient (Wildman–Crippen LogP) is 3.50. The molecule has 0 aromatic heterocycles. The molecule has 0 unspecified atom stereocenters. The first-order valence-electron chi connectivity index (χ1n) is 6.60. The maximum absolute atomic E-state index is 5.35. The first kappa shape index (κ1) is 15.6. The predicted molar refractivity (Wildman–Crippen MR) is 81.0 cm³/mol. The van der Waals surface area contributed by atoms with Gasteiger partial charge >= 0.3 is 0 Å². The molecule has 0 heterocycles. The zero-order valence-electron chi connectivity index (χ0n) is 12.6. The lowest BCUT2D eigenvalue weighted by molar-refractivity contribution is 0.392. The summed E-state index contributed by atoms with van der Waals surface area (Å²) >= 11 is 0. The molecule has 0 spiro atoms. The van der Waals surface area contributed by atoms with E-state index in [1.807, 2.05) is 18.2 Å². The Kier molecular flexibility index (Phi) is 5.90. The van der Waals surface area contributed by atoms with Crippen LogP contribution < -0.4 is 14.8 Å². The van der Waals surface area contributed by atoms with Gasteiger partial charge in [-0.25, -0.2) is 0 Å². The third-order valence-corrected chi connectivity index (χ3v) is 2.72. The van der Waals surface area contributed by atoms with Gasteiger partial charge in [0.25, 0.3) is 0 Å². The monoisotopic (exact) mass is 263 g/mol. The smallest absolute Gasteiger partial charge is 0.129 e. The second-order valence-corrected chi connectivity index (χ2v) is 5.44. The molecule has 3 nitrogen and oxygen atoms in total. The normalized spacial score (nSPS) is 11.8. The van der Waals surface area contributed by atoms with Crippen molar-refractivity contribution in [2.75, 3.05) is 20.8 Å². The highest BCUT2D eigenvalue weighted by atomic mass is 16.5. The molecule has 3 heteroatoms. The molecule has 19 heavy (non-hydrogen) atoms. The standard InChI is InChI=1S/C16H25NO2/c1-16(2,3)17-12-7-6-9-13-14(18-4)10-8-11-15(13)19-5/h6,8-11,17H,7,12H2,1-5H3/b9-6+. The Labute approximate surface area is 116 Å². The van der Waals surface area contributed by atoms with Gasteiger partial charge in [-0.1, -0.05) is 18.2 Å². The van der Waals surface area contributed by atoms with Crippen LogP contribution in [0.3, 0.4) is 0 Å². The first-order chi connectivity index (χ1) is 8.98. The fourth-order valence-electron chi connectivity index (χ4n) is 1.78. The van der Waals surface area contributed by atoms with E-state index < -0.39 is 0 Å². The molecule has 0 radical (unpaired) electrons. The number of methoxy groups -OCH3 is 2. The molecular formula is C16H25NO2. The number of hydrogen-bond acceptors (Lipinski definition) is 3. The van der Waals surface area contributed by atoms with Gasteiger partial charge in [-0.2, -0.15) is 0 Å². The van der Waals surface area contributed by atoms with Gasteiger partial charge in [-0.3, -0.25) is 0 Å². The summed E-state index contributed by atoms with van der Waals surface area (Å²) in [6, 6.07) is 5.81. The largest absolute Gasteiger partial charge is 0.496 e. The van der Waals surface area contributed by atoms with Crippen molar-refractivity contribution in [1.82, 2.24) is 5.32 Å². The van der Waals surface area contributed by atoms with Gasteiger partial charge in [-0.15, -0.1) is 0 Å². The maximum atomic E-state index is 5.35. The van der Waals surface area contributed by atoms with E-state index >= 15 is 0 Å². The highest BCUT2D eigenvalue weighted by molar-refractivity contribution is 5.64. The van der Waals surface area contributed by atoms with Crippen LogP contribution in [0.2, 0.25) is 0 Å². The fraction of sp³-hybridized carbons (Fsp3) is 0.500. The molecule has 1 aromatic carbocycles. The van der Waals surface area contributed by atoms with E-state index in [1.54, 1.807) is 14.2 Å². The van der Waals surface area contributed by atoms with Crippen LogP contribution in [0.15, 0.2) is 24.3 Å². The molecule has 0 aliphatic carbocycles. The van der Waals surface area contributed by atoms with E-state index in [0.717, 1.165) is 30.0 Å². The van der Waals surface area contributed by atoms with Gasteiger partial charge in [0, 0.05) is 5.54 Å². The Morgan fingerprint density at radius 1 is 1.11 bits per heavy atom. The van der Waals surface area contributed by atoms with Gasteiger partial charge < -0.3 is 14.8 Å². The molecule has 0 bridgehead atoms. The summed E-state index contributed by atoms with van der Waals surface area (Å²) in [6.07, 6.45) is 5.17. The average molecular weight is 263 g/mol. The van der Waals surface area contributed by atoms with Crippen molar-refractivity contribution in [3.8, 4) is 11.5 Å². The third kappa shape index (κ3) is 5.35. The highest BCUT2D eigenvalue weighted by Crippen LogP contribution is 2.29. The number of hydrogen-bond donors (Lipinski definition) is 1. The molecule has 0 fully saturated rings. The van der Waals surface area contributed by atoms with Crippen molar-refractivity contribution in [2.45, 2.75) is 32.7 Å². The number of rotatable bonds is 6. The molecule has 106 valence electrons. The first-order valence-corrected chi connectivity index (χ1v) is 6.60. The van der Waals surface area contributed by atoms with E-state index in [0.29, 0.717) is 0 Å². The molecule has 0 atom stereocenters. The second-order valence-electron chi connectivity index (χ2n) is 5.44. The second kappa shape index (κ2) is 7.19. The van der Waals surface area contributed by atoms with Gasteiger partial charge in [-0.05, 0) is 45.9 Å². The summed E-state index contributed by atoms with van der Waals surface area (Å²) in [6.45, 7) is 7.46. The van der Waals surface area contributed by atoms with Crippen molar-refractivity contribution < 1.29 is 9.47 Å². The van der Waals surface area contributed by atoms with E-state index in [1.165, 1.54) is 0 Å². The Bertz CT molecular complexity index is 397. The zero-order chi connectivity index (χ0) is 14.3. The van der Waals surface area contributed by atoms with Crippen molar-refractivity contribution in [1.29, 1.82) is 0 Å². The molecule has 1 rings (SSSR count). The number of nitrogens with one attached hydrogen (secondary N) is 1. The molecule has 1 aromatic rings. The zero-order valence-corrected chi connectivity index (χ0v) is 12.6. The minimum atomic E-state index is 0.163. The van der Waals surface area contributed by atoms with E-state index in [-0.39, 0.29) is 5.54 Å². The highest BCUT2D eigenvalue weighted by Gasteiger charge is 2.07. The van der Waals surface area contributed by atoms with Crippen molar-refractivity contribution in [2.24, 2.45) is 0 Å². The van der Waals surface area contributed by atoms with Crippen LogP contribution >= 0.6 is 0 Å². The number of ether oxygens (including phenoxy) is 2. The van der Waals surface area contributed by atoms with Gasteiger partial charge in [0.15, 0.2) is 0 Å². The van der Waals surface area contributed by atoms with E-state index in [2.05, 4.69) is 38.2 Å². The Morgan fingerprint density at radius 3 is 2.16 bits per heavy atom. The lowest BCUT2D eigenvalue weighted by Gasteiger charge is -2.19. The van der Waals surface area contributed by atoms with Gasteiger partial charge in [0.1, 0.15) is 11.5 Å². The van der Waals surface area contributed by atoms with Crippen LogP contribution in [0.5, 0.6) is 11.5 Å². The van der Waals surface area contributed by atoms with Gasteiger partial charge in [0.2, 0.25) is 0 Å². The summed E-state index contributed by atoms with van der Waals surface area (Å²) in [7, 11) is 3.35. The Balaban J connectivity index is 2.65. The van der Waals surface area contributed by atoms with Gasteiger partial charge in [0.05, 0.1) is 19.8 Å². The minimum absolute atomic E-state index is 0.163. The summed E-state index contributed by atoms with van der Waals surface area (Å²) in [5.74, 6) is 1.67. The minimum Gasteiger partial charge on any atom is -0.496 e. The van der Waals surface area contributed by atoms with Crippen LogP contribution in [0, 0.1) is 0 Å². The molecule has 0 amide bonds. The quantitative estimate of drug-likeness (QED) is 0.797. The molecule has 0 aliphatic rings. The van der Waals surface area contributed by atoms with Crippen LogP contribution in [0.1, 0.15) is 32.8 Å². The van der Waals surface area contributed by atoms with Crippen molar-refractivity contribution in [3.05, 3.63) is 29.8 Å². The van der Waals surface area contributed by atoms with Crippen molar-refractivity contribution >= 4 is 6.08 Å². The lowest BCUT2D eigenvalue weighted by Crippen LogP contribution is -2.36. The van der Waals surface area contributed by atoms with Crippen LogP contribution in [-0.2, 0) is 0 Å². The number of benzene rings is 1. The summed E-state index contributed by atoms with van der Waals surface area (Å²) in [4.78, 5) is 0. The fourth-order valence-corrected chi connectivity index (χ4v) is 1.78. The van der Waals surface area contributed by atoms with Crippen molar-refractivity contribution in [3.63, 3.8) is 0 Å². The molecule has 0 saturated heterocycles. The molecule has 0 saturated carbocycles. The maximum Gasteiger partial charge on any atom is 0.129 e. The summed E-state index contributed by atoms with van der Waals surface area (Å²) in [5, 5.41) is 3.45. The summed E-state index contributed by atoms with van der Waals surface area (Å²) < 4.78 is 10.7. The average Bonchev–Trinajstić information content (AvgIpc) is 2.36. The van der Waals surface area contributed by atoms with Crippen LogP contribution in [0.25, 0.3) is 6.08 Å². The molecular weight excluding hydrogens is 238 g/mol. The van der Waals surface area contributed by atoms with E-state index in [9.17, 15) is 0 Å². The Morgan fingerprint density at radius 2 is 1.68 bits per heavy atom. The van der Waals surface area contributed by atoms with E-state index in [4.69, 9.17) is 9.47 Å². The lowest BCUT2D eigenvalue weighted by atomic mass is 10.1. The summed E-state index contributed by atoms with van der Waals surface area (Å²) in [5.41, 5.74) is 1.15. The molecule has 0 aliphatic heterocycles. The van der Waals surface area contributed by atoms with Crippen LogP contribution in [0.4, 0.5) is 0 Å². The molecule has 1 N–H and O–H groups in total. The third-order valence-electron chi connectivity index (χ3n) is 2.72. The topological polar surface area (TPSA) is 30.5 Å². The SMILES string of the molecule is COc1cccc(OC)c1/C=C/CCNC(C)(C)C. The van der Waals surface area contributed by atoms with Crippen LogP contribution in [-0.4, -0.2) is 26.3 Å². The Hall–Kier alpha value is -1.48.